The Labute approximate surface area is 164 Å². The zero-order valence-corrected chi connectivity index (χ0v) is 17.0. The molecule has 0 unspecified atom stereocenters. The van der Waals surface area contributed by atoms with E-state index in [0.29, 0.717) is 0 Å². The summed E-state index contributed by atoms with van der Waals surface area (Å²) in [7, 11) is 0. The molecule has 0 aliphatic heterocycles. The molecule has 0 amide bonds. The molecule has 0 N–H and O–H groups in total. The predicted octanol–water partition coefficient (Wildman–Crippen LogP) is 6.29. The van der Waals surface area contributed by atoms with Crippen LogP contribution >= 0.6 is 11.8 Å². The van der Waals surface area contributed by atoms with Gasteiger partial charge >= 0.3 is 0 Å². The minimum absolute atomic E-state index is 0.827. The number of benzene rings is 2. The van der Waals surface area contributed by atoms with Gasteiger partial charge in [-0.1, -0.05) is 67.6 Å². The van der Waals surface area contributed by atoms with E-state index in [9.17, 15) is 0 Å². The largest absolute Gasteiger partial charge is 0.323 e. The second kappa shape index (κ2) is 7.73. The molecule has 27 heavy (non-hydrogen) atoms. The highest BCUT2D eigenvalue weighted by atomic mass is 32.2. The van der Waals surface area contributed by atoms with Gasteiger partial charge in [0.25, 0.3) is 0 Å². The van der Waals surface area contributed by atoms with Crippen LogP contribution in [0.5, 0.6) is 0 Å². The maximum absolute atomic E-state index is 4.98. The second-order valence-electron chi connectivity index (χ2n) is 6.98. The fourth-order valence-electron chi connectivity index (χ4n) is 3.53. The van der Waals surface area contributed by atoms with Gasteiger partial charge in [-0.2, -0.15) is 0 Å². The summed E-state index contributed by atoms with van der Waals surface area (Å²) in [6.45, 7) is 7.55. The van der Waals surface area contributed by atoms with Crippen LogP contribution in [0, 0.1) is 13.8 Å². The fourth-order valence-corrected chi connectivity index (χ4v) is 4.60. The summed E-state index contributed by atoms with van der Waals surface area (Å²) < 4.78 is 2.37. The SMILES string of the molecule is CCCCn1c(SCc2nc3ccccc3c3ccccc23)nc(C)c1C. The van der Waals surface area contributed by atoms with Gasteiger partial charge in [-0.15, -0.1) is 0 Å². The molecule has 0 saturated carbocycles. The molecule has 3 nitrogen and oxygen atoms in total. The molecule has 0 fully saturated rings. The van der Waals surface area contributed by atoms with E-state index in [1.807, 2.05) is 0 Å². The molecule has 4 heteroatoms. The first-order valence-corrected chi connectivity index (χ1v) is 10.6. The number of fused-ring (bicyclic) bond motifs is 3. The minimum Gasteiger partial charge on any atom is -0.323 e. The number of nitrogens with zero attached hydrogens (tertiary/aromatic N) is 3. The van der Waals surface area contributed by atoms with Crippen LogP contribution in [0.2, 0.25) is 0 Å². The van der Waals surface area contributed by atoms with Gasteiger partial charge in [0.1, 0.15) is 0 Å². The lowest BCUT2D eigenvalue weighted by Gasteiger charge is -2.11. The van der Waals surface area contributed by atoms with Gasteiger partial charge in [0.05, 0.1) is 16.9 Å². The van der Waals surface area contributed by atoms with Crippen molar-refractivity contribution in [2.24, 2.45) is 0 Å². The normalized spacial score (nSPS) is 11.5. The highest BCUT2D eigenvalue weighted by Crippen LogP contribution is 2.31. The van der Waals surface area contributed by atoms with Crippen molar-refractivity contribution in [2.45, 2.75) is 51.1 Å². The summed E-state index contributed by atoms with van der Waals surface area (Å²) in [6.07, 6.45) is 2.37. The molecule has 0 radical (unpaired) electrons. The van der Waals surface area contributed by atoms with E-state index < -0.39 is 0 Å². The van der Waals surface area contributed by atoms with Crippen molar-refractivity contribution in [3.05, 3.63) is 65.6 Å². The number of pyridine rings is 1. The Morgan fingerprint density at radius 3 is 2.37 bits per heavy atom. The Bertz CT molecular complexity index is 1100. The van der Waals surface area contributed by atoms with Crippen LogP contribution in [0.1, 0.15) is 36.8 Å². The molecule has 2 aromatic heterocycles. The Kier molecular flexibility index (Phi) is 5.17. The van der Waals surface area contributed by atoms with Crippen LogP contribution in [-0.2, 0) is 12.3 Å². The lowest BCUT2D eigenvalue weighted by atomic mass is 10.0. The van der Waals surface area contributed by atoms with Crippen molar-refractivity contribution in [1.82, 2.24) is 14.5 Å². The van der Waals surface area contributed by atoms with Crippen molar-refractivity contribution < 1.29 is 0 Å². The number of aromatic nitrogens is 3. The molecule has 0 spiro atoms. The van der Waals surface area contributed by atoms with Gasteiger partial charge < -0.3 is 4.57 Å². The summed E-state index contributed by atoms with van der Waals surface area (Å²) >= 11 is 1.80. The van der Waals surface area contributed by atoms with Gasteiger partial charge in [0.2, 0.25) is 0 Å². The highest BCUT2D eigenvalue weighted by molar-refractivity contribution is 7.98. The van der Waals surface area contributed by atoms with E-state index in [1.54, 1.807) is 11.8 Å². The average Bonchev–Trinajstić information content (AvgIpc) is 2.97. The van der Waals surface area contributed by atoms with Gasteiger partial charge in [-0.3, -0.25) is 4.98 Å². The van der Waals surface area contributed by atoms with E-state index in [2.05, 4.69) is 73.9 Å². The van der Waals surface area contributed by atoms with Crippen molar-refractivity contribution in [3.63, 3.8) is 0 Å². The number of rotatable bonds is 6. The Hall–Kier alpha value is -2.33. The van der Waals surface area contributed by atoms with Crippen LogP contribution in [0.3, 0.4) is 0 Å². The lowest BCUT2D eigenvalue weighted by molar-refractivity contribution is 0.575. The maximum atomic E-state index is 4.98. The molecule has 2 aromatic carbocycles. The van der Waals surface area contributed by atoms with Crippen LogP contribution in [0.25, 0.3) is 21.7 Å². The molecule has 4 rings (SSSR count). The topological polar surface area (TPSA) is 30.7 Å². The zero-order chi connectivity index (χ0) is 18.8. The Balaban J connectivity index is 1.71. The molecule has 0 aliphatic rings. The van der Waals surface area contributed by atoms with E-state index >= 15 is 0 Å². The molecule has 138 valence electrons. The molecular formula is C23H25N3S. The molecule has 2 heterocycles. The third-order valence-corrected chi connectivity index (χ3v) is 6.17. The number of hydrogen-bond donors (Lipinski definition) is 0. The van der Waals surface area contributed by atoms with Crippen LogP contribution in [0.4, 0.5) is 0 Å². The van der Waals surface area contributed by atoms with Gasteiger partial charge in [0.15, 0.2) is 5.16 Å². The van der Waals surface area contributed by atoms with Gasteiger partial charge in [-0.05, 0) is 31.7 Å². The Morgan fingerprint density at radius 1 is 0.889 bits per heavy atom. The predicted molar refractivity (Wildman–Crippen MR) is 115 cm³/mol. The summed E-state index contributed by atoms with van der Waals surface area (Å²) in [5, 5.41) is 4.85. The maximum Gasteiger partial charge on any atom is 0.168 e. The lowest BCUT2D eigenvalue weighted by Crippen LogP contribution is -2.02. The minimum atomic E-state index is 0.827. The molecule has 0 aliphatic carbocycles. The third-order valence-electron chi connectivity index (χ3n) is 5.18. The summed E-state index contributed by atoms with van der Waals surface area (Å²) in [4.78, 5) is 9.80. The first-order chi connectivity index (χ1) is 13.2. The molecule has 4 aromatic rings. The summed E-state index contributed by atoms with van der Waals surface area (Å²) in [6, 6.07) is 17.0. The summed E-state index contributed by atoms with van der Waals surface area (Å²) in [5.74, 6) is 0.827. The van der Waals surface area contributed by atoms with Crippen molar-refractivity contribution in [3.8, 4) is 0 Å². The fraction of sp³-hybridized carbons (Fsp3) is 0.304. The summed E-state index contributed by atoms with van der Waals surface area (Å²) in [5.41, 5.74) is 4.61. The van der Waals surface area contributed by atoms with Crippen molar-refractivity contribution in [2.75, 3.05) is 0 Å². The second-order valence-corrected chi connectivity index (χ2v) is 7.92. The molecule has 0 saturated heterocycles. The Morgan fingerprint density at radius 2 is 1.59 bits per heavy atom. The smallest absolute Gasteiger partial charge is 0.168 e. The van der Waals surface area contributed by atoms with Crippen molar-refractivity contribution in [1.29, 1.82) is 0 Å². The van der Waals surface area contributed by atoms with Gasteiger partial charge in [0, 0.05) is 28.8 Å². The van der Waals surface area contributed by atoms with E-state index in [1.165, 1.54) is 34.7 Å². The van der Waals surface area contributed by atoms with Crippen LogP contribution < -0.4 is 0 Å². The molecule has 0 bridgehead atoms. The number of unbranched alkanes of at least 4 members (excludes halogenated alkanes) is 1. The van der Waals surface area contributed by atoms with E-state index in [4.69, 9.17) is 9.97 Å². The number of para-hydroxylation sites is 1. The van der Waals surface area contributed by atoms with Crippen molar-refractivity contribution >= 4 is 33.4 Å². The monoisotopic (exact) mass is 375 g/mol. The van der Waals surface area contributed by atoms with Crippen LogP contribution in [-0.4, -0.2) is 14.5 Å². The number of hydrogen-bond acceptors (Lipinski definition) is 3. The first kappa shape index (κ1) is 18.1. The van der Waals surface area contributed by atoms with E-state index in [-0.39, 0.29) is 0 Å². The number of thioether (sulfide) groups is 1. The molecular weight excluding hydrogens is 350 g/mol. The average molecular weight is 376 g/mol. The van der Waals surface area contributed by atoms with Crippen LogP contribution in [0.15, 0.2) is 53.7 Å². The number of imidazole rings is 1. The molecule has 0 atom stereocenters. The third kappa shape index (κ3) is 3.46. The van der Waals surface area contributed by atoms with E-state index in [0.717, 1.165) is 34.4 Å². The van der Waals surface area contributed by atoms with Gasteiger partial charge in [-0.25, -0.2) is 4.98 Å². The number of aryl methyl sites for hydroxylation is 1. The highest BCUT2D eigenvalue weighted by Gasteiger charge is 2.13. The quantitative estimate of drug-likeness (QED) is 0.293. The first-order valence-electron chi connectivity index (χ1n) is 9.62. The zero-order valence-electron chi connectivity index (χ0n) is 16.2. The standard InChI is InChI=1S/C23H25N3S/c1-4-5-14-26-17(3)16(2)24-23(26)27-15-22-20-12-7-6-10-18(20)19-11-8-9-13-21(19)25-22/h6-13H,4-5,14-15H2,1-3H3.